The number of anilines is 2. The average molecular weight is 531 g/mol. The summed E-state index contributed by atoms with van der Waals surface area (Å²) in [5.41, 5.74) is 4.07. The number of rotatable bonds is 7. The first kappa shape index (κ1) is 26.4. The number of H-pyrrole nitrogens is 1. The van der Waals surface area contributed by atoms with Gasteiger partial charge in [-0.2, -0.15) is 4.98 Å². The number of amides is 1. The maximum Gasteiger partial charge on any atom is 0.410 e. The minimum atomic E-state index is -0.485. The molecule has 0 spiro atoms. The van der Waals surface area contributed by atoms with Crippen molar-refractivity contribution in [2.75, 3.05) is 38.1 Å². The molecular weight excluding hydrogens is 496 g/mol. The third-order valence-corrected chi connectivity index (χ3v) is 6.19. The number of piperazine rings is 1. The molecule has 0 atom stereocenters. The van der Waals surface area contributed by atoms with Gasteiger partial charge in [-0.15, -0.1) is 0 Å². The highest BCUT2D eigenvalue weighted by atomic mass is 16.6. The van der Waals surface area contributed by atoms with Crippen molar-refractivity contribution in [1.82, 2.24) is 34.7 Å². The molecule has 3 aromatic heterocycles. The zero-order valence-electron chi connectivity index (χ0n) is 22.8. The SMILES string of the molecule is CCOc1nccc(-c2ccc3nc(Nc4cc(CN5CCN(C(=O)OC(C)(C)C)CC5)ccn4)[nH]c3c2)n1. The van der Waals surface area contributed by atoms with Gasteiger partial charge < -0.3 is 24.7 Å². The third kappa shape index (κ3) is 6.80. The second kappa shape index (κ2) is 11.2. The molecule has 0 radical (unpaired) electrons. The molecule has 0 saturated carbocycles. The molecule has 4 aromatic rings. The summed E-state index contributed by atoms with van der Waals surface area (Å²) in [7, 11) is 0. The van der Waals surface area contributed by atoms with Crippen LogP contribution in [0.3, 0.4) is 0 Å². The minimum absolute atomic E-state index is 0.247. The van der Waals surface area contributed by atoms with E-state index in [4.69, 9.17) is 9.47 Å². The van der Waals surface area contributed by atoms with Crippen LogP contribution >= 0.6 is 0 Å². The molecule has 5 rings (SSSR count). The number of aromatic amines is 1. The quantitative estimate of drug-likeness (QED) is 0.353. The number of nitrogens with zero attached hydrogens (tertiary/aromatic N) is 6. The predicted octanol–water partition coefficient (Wildman–Crippen LogP) is 4.61. The van der Waals surface area contributed by atoms with E-state index in [1.54, 1.807) is 17.3 Å². The van der Waals surface area contributed by atoms with Gasteiger partial charge >= 0.3 is 12.1 Å². The molecule has 1 aromatic carbocycles. The fourth-order valence-electron chi connectivity index (χ4n) is 4.36. The summed E-state index contributed by atoms with van der Waals surface area (Å²) in [6, 6.07) is 12.2. The Kier molecular flexibility index (Phi) is 7.60. The van der Waals surface area contributed by atoms with Gasteiger partial charge in [0.1, 0.15) is 11.4 Å². The van der Waals surface area contributed by atoms with Crippen molar-refractivity contribution in [3.05, 3.63) is 54.4 Å². The maximum absolute atomic E-state index is 12.3. The zero-order chi connectivity index (χ0) is 27.4. The van der Waals surface area contributed by atoms with Crippen LogP contribution in [0.5, 0.6) is 6.01 Å². The molecule has 0 aliphatic carbocycles. The molecular formula is C28H34N8O3. The molecule has 11 heteroatoms. The highest BCUT2D eigenvalue weighted by molar-refractivity contribution is 5.83. The molecule has 2 N–H and O–H groups in total. The van der Waals surface area contributed by atoms with E-state index in [-0.39, 0.29) is 6.09 Å². The highest BCUT2D eigenvalue weighted by Crippen LogP contribution is 2.25. The number of benzene rings is 1. The molecule has 11 nitrogen and oxygen atoms in total. The van der Waals surface area contributed by atoms with Crippen molar-refractivity contribution in [2.45, 2.75) is 39.8 Å². The van der Waals surface area contributed by atoms with Crippen molar-refractivity contribution >= 4 is 28.9 Å². The Bertz CT molecular complexity index is 1440. The van der Waals surface area contributed by atoms with E-state index < -0.39 is 5.60 Å². The Labute approximate surface area is 227 Å². The first-order valence-electron chi connectivity index (χ1n) is 13.1. The Morgan fingerprint density at radius 2 is 1.82 bits per heavy atom. The van der Waals surface area contributed by atoms with Crippen LogP contribution in [0.1, 0.15) is 33.3 Å². The van der Waals surface area contributed by atoms with Gasteiger partial charge in [0.2, 0.25) is 5.95 Å². The molecule has 0 bridgehead atoms. The number of pyridine rings is 1. The predicted molar refractivity (Wildman–Crippen MR) is 149 cm³/mol. The number of carbonyl (C=O) groups is 1. The molecule has 39 heavy (non-hydrogen) atoms. The van der Waals surface area contributed by atoms with Gasteiger partial charge in [0.25, 0.3) is 0 Å². The molecule has 1 saturated heterocycles. The minimum Gasteiger partial charge on any atom is -0.464 e. The second-order valence-electron chi connectivity index (χ2n) is 10.4. The summed E-state index contributed by atoms with van der Waals surface area (Å²) in [5.74, 6) is 1.31. The Morgan fingerprint density at radius 1 is 1.03 bits per heavy atom. The number of fused-ring (bicyclic) bond motifs is 1. The standard InChI is InChI=1S/C28H34N8O3/c1-5-38-26-30-11-9-21(33-26)20-6-7-22-23(17-20)32-25(31-22)34-24-16-19(8-10-29-24)18-35-12-14-36(15-13-35)27(37)39-28(2,3)4/h6-11,16-17H,5,12-15,18H2,1-4H3,(H2,29,31,32,34). The number of hydrogen-bond donors (Lipinski definition) is 2. The van der Waals surface area contributed by atoms with Crippen molar-refractivity contribution in [3.8, 4) is 17.3 Å². The number of ether oxygens (including phenoxy) is 2. The first-order chi connectivity index (χ1) is 18.8. The second-order valence-corrected chi connectivity index (χ2v) is 10.4. The molecule has 1 aliphatic heterocycles. The number of carbonyl (C=O) groups excluding carboxylic acids is 1. The number of imidazole rings is 1. The lowest BCUT2D eigenvalue weighted by Crippen LogP contribution is -2.49. The molecule has 1 aliphatic rings. The summed E-state index contributed by atoms with van der Waals surface area (Å²) in [4.78, 5) is 37.5. The van der Waals surface area contributed by atoms with Crippen LogP contribution in [0.2, 0.25) is 0 Å². The molecule has 4 heterocycles. The topological polar surface area (TPSA) is 121 Å². The van der Waals surface area contributed by atoms with Crippen molar-refractivity contribution in [1.29, 1.82) is 0 Å². The van der Waals surface area contributed by atoms with E-state index in [0.717, 1.165) is 47.5 Å². The van der Waals surface area contributed by atoms with E-state index in [9.17, 15) is 4.79 Å². The van der Waals surface area contributed by atoms with Crippen LogP contribution in [0, 0.1) is 0 Å². The largest absolute Gasteiger partial charge is 0.464 e. The lowest BCUT2D eigenvalue weighted by atomic mass is 10.1. The summed E-state index contributed by atoms with van der Waals surface area (Å²) in [5, 5.41) is 3.29. The Hall–Kier alpha value is -4.25. The molecule has 204 valence electrons. The van der Waals surface area contributed by atoms with Crippen LogP contribution in [0.25, 0.3) is 22.3 Å². The lowest BCUT2D eigenvalue weighted by molar-refractivity contribution is 0.0139. The van der Waals surface area contributed by atoms with Crippen LogP contribution in [-0.4, -0.2) is 79.2 Å². The Morgan fingerprint density at radius 3 is 2.59 bits per heavy atom. The Balaban J connectivity index is 1.21. The van der Waals surface area contributed by atoms with Gasteiger partial charge in [0.15, 0.2) is 0 Å². The number of nitrogens with one attached hydrogen (secondary N) is 2. The van der Waals surface area contributed by atoms with E-state index in [1.807, 2.05) is 64.1 Å². The van der Waals surface area contributed by atoms with Crippen LogP contribution in [-0.2, 0) is 11.3 Å². The van der Waals surface area contributed by atoms with Gasteiger partial charge in [-0.3, -0.25) is 4.90 Å². The summed E-state index contributed by atoms with van der Waals surface area (Å²) < 4.78 is 10.9. The van der Waals surface area contributed by atoms with E-state index in [1.165, 1.54) is 0 Å². The average Bonchev–Trinajstić information content (AvgIpc) is 3.30. The first-order valence-corrected chi connectivity index (χ1v) is 13.1. The maximum atomic E-state index is 12.3. The lowest BCUT2D eigenvalue weighted by Gasteiger charge is -2.35. The molecule has 1 fully saturated rings. The van der Waals surface area contributed by atoms with Crippen LogP contribution < -0.4 is 10.1 Å². The molecule has 1 amide bonds. The summed E-state index contributed by atoms with van der Waals surface area (Å²) in [6.45, 7) is 11.7. The fraction of sp³-hybridized carbons (Fsp3) is 0.393. The molecule has 0 unspecified atom stereocenters. The summed E-state index contributed by atoms with van der Waals surface area (Å²) in [6.07, 6.45) is 3.24. The van der Waals surface area contributed by atoms with Crippen LogP contribution in [0.4, 0.5) is 16.6 Å². The van der Waals surface area contributed by atoms with Gasteiger partial charge in [-0.05, 0) is 63.6 Å². The number of hydrogen-bond acceptors (Lipinski definition) is 9. The smallest absolute Gasteiger partial charge is 0.410 e. The van der Waals surface area contributed by atoms with E-state index in [0.29, 0.717) is 37.5 Å². The van der Waals surface area contributed by atoms with Gasteiger partial charge in [0, 0.05) is 50.7 Å². The monoisotopic (exact) mass is 530 g/mol. The normalized spacial score (nSPS) is 14.4. The van der Waals surface area contributed by atoms with Gasteiger partial charge in [0.05, 0.1) is 23.3 Å². The third-order valence-electron chi connectivity index (χ3n) is 6.19. The van der Waals surface area contributed by atoms with Gasteiger partial charge in [-0.25, -0.2) is 19.7 Å². The highest BCUT2D eigenvalue weighted by Gasteiger charge is 2.25. The fourth-order valence-corrected chi connectivity index (χ4v) is 4.36. The van der Waals surface area contributed by atoms with Crippen molar-refractivity contribution in [2.24, 2.45) is 0 Å². The van der Waals surface area contributed by atoms with Gasteiger partial charge in [-0.1, -0.05) is 6.07 Å². The van der Waals surface area contributed by atoms with E-state index >= 15 is 0 Å². The van der Waals surface area contributed by atoms with Crippen LogP contribution in [0.15, 0.2) is 48.8 Å². The number of aromatic nitrogens is 5. The van der Waals surface area contributed by atoms with Crippen molar-refractivity contribution < 1.29 is 14.3 Å². The van der Waals surface area contributed by atoms with E-state index in [2.05, 4.69) is 35.1 Å². The summed E-state index contributed by atoms with van der Waals surface area (Å²) >= 11 is 0. The van der Waals surface area contributed by atoms with Crippen molar-refractivity contribution in [3.63, 3.8) is 0 Å². The zero-order valence-corrected chi connectivity index (χ0v) is 22.8.